The second kappa shape index (κ2) is 8.94. The van der Waals surface area contributed by atoms with Gasteiger partial charge in [-0.25, -0.2) is 0 Å². The molecule has 0 heterocycles. The molecule has 0 spiro atoms. The molecular formula is C16H16INO2S. The van der Waals surface area contributed by atoms with Gasteiger partial charge in [-0.05, 0) is 59.0 Å². The fourth-order valence-electron chi connectivity index (χ4n) is 1.61. The Hall–Kier alpha value is -1.21. The van der Waals surface area contributed by atoms with Gasteiger partial charge in [-0.3, -0.25) is 4.79 Å². The number of rotatable bonds is 7. The van der Waals surface area contributed by atoms with Crippen molar-refractivity contribution in [1.82, 2.24) is 5.32 Å². The van der Waals surface area contributed by atoms with Crippen molar-refractivity contribution in [1.29, 1.82) is 0 Å². The summed E-state index contributed by atoms with van der Waals surface area (Å²) in [7, 11) is 0. The first-order valence-corrected chi connectivity index (χ1v) is 8.63. The molecule has 3 nitrogen and oxygen atoms in total. The number of hydrogen-bond donors (Lipinski definition) is 1. The van der Waals surface area contributed by atoms with E-state index in [0.717, 1.165) is 9.32 Å². The normalized spacial score (nSPS) is 10.1. The number of carbonyl (C=O) groups excluding carboxylic acids is 1. The van der Waals surface area contributed by atoms with Gasteiger partial charge in [0.1, 0.15) is 5.75 Å². The van der Waals surface area contributed by atoms with E-state index >= 15 is 0 Å². The summed E-state index contributed by atoms with van der Waals surface area (Å²) in [5.74, 6) is 1.46. The van der Waals surface area contributed by atoms with Crippen LogP contribution in [0.1, 0.15) is 0 Å². The van der Waals surface area contributed by atoms with Crippen molar-refractivity contribution in [3.63, 3.8) is 0 Å². The monoisotopic (exact) mass is 413 g/mol. The molecule has 5 heteroatoms. The average Bonchev–Trinajstić information content (AvgIpc) is 2.52. The van der Waals surface area contributed by atoms with Gasteiger partial charge in [0.25, 0.3) is 5.91 Å². The van der Waals surface area contributed by atoms with Crippen LogP contribution in [-0.2, 0) is 4.79 Å². The smallest absolute Gasteiger partial charge is 0.257 e. The molecule has 0 radical (unpaired) electrons. The Morgan fingerprint density at radius 3 is 2.52 bits per heavy atom. The molecule has 0 aliphatic rings. The van der Waals surface area contributed by atoms with Gasteiger partial charge in [-0.1, -0.05) is 18.2 Å². The van der Waals surface area contributed by atoms with Gasteiger partial charge in [-0.2, -0.15) is 0 Å². The van der Waals surface area contributed by atoms with Crippen LogP contribution in [0.3, 0.4) is 0 Å². The van der Waals surface area contributed by atoms with E-state index in [2.05, 4.69) is 40.0 Å². The highest BCUT2D eigenvalue weighted by molar-refractivity contribution is 14.1. The predicted octanol–water partition coefficient (Wildman–Crippen LogP) is 3.58. The lowest BCUT2D eigenvalue weighted by molar-refractivity contribution is -0.122. The second-order valence-electron chi connectivity index (χ2n) is 4.25. The third-order valence-electron chi connectivity index (χ3n) is 2.62. The molecule has 0 aromatic heterocycles. The number of nitrogens with one attached hydrogen (secondary N) is 1. The van der Waals surface area contributed by atoms with Crippen molar-refractivity contribution in [2.24, 2.45) is 0 Å². The number of hydrogen-bond acceptors (Lipinski definition) is 3. The Balaban J connectivity index is 1.60. The van der Waals surface area contributed by atoms with Gasteiger partial charge >= 0.3 is 0 Å². The molecule has 0 aliphatic heterocycles. The average molecular weight is 413 g/mol. The molecule has 0 saturated carbocycles. The van der Waals surface area contributed by atoms with Crippen molar-refractivity contribution in [3.05, 3.63) is 58.2 Å². The summed E-state index contributed by atoms with van der Waals surface area (Å²) >= 11 is 3.95. The number of benzene rings is 2. The van der Waals surface area contributed by atoms with E-state index in [-0.39, 0.29) is 12.5 Å². The SMILES string of the molecule is O=C(COc1ccc(I)cc1)NCCSc1ccccc1. The molecule has 2 aromatic carbocycles. The highest BCUT2D eigenvalue weighted by Crippen LogP contribution is 2.16. The maximum absolute atomic E-state index is 11.6. The molecule has 2 aromatic rings. The topological polar surface area (TPSA) is 38.3 Å². The molecule has 0 saturated heterocycles. The first-order valence-electron chi connectivity index (χ1n) is 6.57. The zero-order chi connectivity index (χ0) is 14.9. The van der Waals surface area contributed by atoms with E-state index in [4.69, 9.17) is 4.74 Å². The summed E-state index contributed by atoms with van der Waals surface area (Å²) in [4.78, 5) is 12.9. The van der Waals surface area contributed by atoms with Crippen LogP contribution >= 0.6 is 34.4 Å². The Bertz CT molecular complexity index is 560. The van der Waals surface area contributed by atoms with Crippen LogP contribution in [0.4, 0.5) is 0 Å². The quantitative estimate of drug-likeness (QED) is 0.429. The number of ether oxygens (including phenoxy) is 1. The van der Waals surface area contributed by atoms with E-state index < -0.39 is 0 Å². The van der Waals surface area contributed by atoms with Crippen molar-refractivity contribution in [2.45, 2.75) is 4.90 Å². The molecule has 1 N–H and O–H groups in total. The van der Waals surface area contributed by atoms with Gasteiger partial charge in [0, 0.05) is 20.8 Å². The molecule has 0 atom stereocenters. The van der Waals surface area contributed by atoms with E-state index in [9.17, 15) is 4.79 Å². The zero-order valence-corrected chi connectivity index (χ0v) is 14.4. The van der Waals surface area contributed by atoms with Crippen LogP contribution in [-0.4, -0.2) is 24.8 Å². The lowest BCUT2D eigenvalue weighted by atomic mass is 10.3. The Morgan fingerprint density at radius 1 is 1.10 bits per heavy atom. The van der Waals surface area contributed by atoms with Gasteiger partial charge in [0.15, 0.2) is 6.61 Å². The van der Waals surface area contributed by atoms with Crippen LogP contribution in [0.15, 0.2) is 59.5 Å². The van der Waals surface area contributed by atoms with Crippen molar-refractivity contribution in [2.75, 3.05) is 18.9 Å². The van der Waals surface area contributed by atoms with Gasteiger partial charge in [0.2, 0.25) is 0 Å². The standard InChI is InChI=1S/C16H16INO2S/c17-13-6-8-14(9-7-13)20-12-16(19)18-10-11-21-15-4-2-1-3-5-15/h1-9H,10-12H2,(H,18,19). The maximum Gasteiger partial charge on any atom is 0.257 e. The van der Waals surface area contributed by atoms with Crippen LogP contribution in [0.5, 0.6) is 5.75 Å². The van der Waals surface area contributed by atoms with Crippen molar-refractivity contribution in [3.8, 4) is 5.75 Å². The van der Waals surface area contributed by atoms with E-state index in [1.54, 1.807) is 11.8 Å². The summed E-state index contributed by atoms with van der Waals surface area (Å²) in [5.41, 5.74) is 0. The van der Waals surface area contributed by atoms with Crippen molar-refractivity contribution >= 4 is 40.3 Å². The lowest BCUT2D eigenvalue weighted by Crippen LogP contribution is -2.30. The minimum Gasteiger partial charge on any atom is -0.484 e. The van der Waals surface area contributed by atoms with E-state index in [1.165, 1.54) is 4.90 Å². The third-order valence-corrected chi connectivity index (χ3v) is 4.35. The van der Waals surface area contributed by atoms with Gasteiger partial charge < -0.3 is 10.1 Å². The minimum absolute atomic E-state index is 0.0522. The highest BCUT2D eigenvalue weighted by atomic mass is 127. The van der Waals surface area contributed by atoms with Gasteiger partial charge in [0.05, 0.1) is 0 Å². The third kappa shape index (κ3) is 6.39. The first kappa shape index (κ1) is 16.2. The lowest BCUT2D eigenvalue weighted by Gasteiger charge is -2.07. The fourth-order valence-corrected chi connectivity index (χ4v) is 2.76. The summed E-state index contributed by atoms with van der Waals surface area (Å²) in [6, 6.07) is 17.8. The predicted molar refractivity (Wildman–Crippen MR) is 94.8 cm³/mol. The Kier molecular flexibility index (Phi) is 6.88. The van der Waals surface area contributed by atoms with Crippen LogP contribution in [0.2, 0.25) is 0 Å². The first-order chi connectivity index (χ1) is 10.2. The number of thioether (sulfide) groups is 1. The molecule has 1 amide bonds. The van der Waals surface area contributed by atoms with Crippen LogP contribution in [0.25, 0.3) is 0 Å². The van der Waals surface area contributed by atoms with Crippen LogP contribution < -0.4 is 10.1 Å². The Labute approximate surface area is 142 Å². The van der Waals surface area contributed by atoms with E-state index in [1.807, 2.05) is 42.5 Å². The summed E-state index contributed by atoms with van der Waals surface area (Å²) in [6.07, 6.45) is 0. The molecule has 0 aliphatic carbocycles. The molecule has 0 unspecified atom stereocenters. The van der Waals surface area contributed by atoms with Gasteiger partial charge in [-0.15, -0.1) is 11.8 Å². The van der Waals surface area contributed by atoms with Crippen LogP contribution in [0, 0.1) is 3.57 Å². The fraction of sp³-hybridized carbons (Fsp3) is 0.188. The summed E-state index contributed by atoms with van der Waals surface area (Å²) in [5, 5.41) is 2.85. The number of amides is 1. The number of halogens is 1. The number of carbonyl (C=O) groups is 1. The maximum atomic E-state index is 11.6. The molecular weight excluding hydrogens is 397 g/mol. The molecule has 0 fully saturated rings. The molecule has 0 bridgehead atoms. The van der Waals surface area contributed by atoms with Crippen molar-refractivity contribution < 1.29 is 9.53 Å². The Morgan fingerprint density at radius 2 is 1.81 bits per heavy atom. The highest BCUT2D eigenvalue weighted by Gasteiger charge is 2.02. The zero-order valence-electron chi connectivity index (χ0n) is 11.4. The summed E-state index contributed by atoms with van der Waals surface area (Å²) in [6.45, 7) is 0.686. The molecule has 21 heavy (non-hydrogen) atoms. The minimum atomic E-state index is -0.0952. The van der Waals surface area contributed by atoms with E-state index in [0.29, 0.717) is 12.3 Å². The molecule has 2 rings (SSSR count). The second-order valence-corrected chi connectivity index (χ2v) is 6.67. The largest absolute Gasteiger partial charge is 0.484 e. The molecule has 110 valence electrons. The summed E-state index contributed by atoms with van der Waals surface area (Å²) < 4.78 is 6.56.